The molecule has 1 saturated carbocycles. The molecule has 0 atom stereocenters. The van der Waals surface area contributed by atoms with Gasteiger partial charge >= 0.3 is 0 Å². The predicted molar refractivity (Wildman–Crippen MR) is 82.5 cm³/mol. The fourth-order valence-electron chi connectivity index (χ4n) is 2.74. The van der Waals surface area contributed by atoms with E-state index in [2.05, 4.69) is 0 Å². The summed E-state index contributed by atoms with van der Waals surface area (Å²) < 4.78 is 5.81. The first-order valence-corrected chi connectivity index (χ1v) is 7.47. The molecule has 0 spiro atoms. The van der Waals surface area contributed by atoms with Crippen molar-refractivity contribution in [2.24, 2.45) is 0 Å². The highest BCUT2D eigenvalue weighted by atomic mass is 16.5. The van der Waals surface area contributed by atoms with E-state index in [1.165, 1.54) is 43.2 Å². The van der Waals surface area contributed by atoms with Gasteiger partial charge in [-0.15, -0.1) is 0 Å². The highest BCUT2D eigenvalue weighted by Gasteiger charge is 2.18. The molecule has 1 aliphatic rings. The van der Waals surface area contributed by atoms with E-state index in [4.69, 9.17) is 4.74 Å². The second kappa shape index (κ2) is 6.10. The third kappa shape index (κ3) is 3.06. The van der Waals surface area contributed by atoms with Crippen LogP contribution in [0, 0.1) is 0 Å². The van der Waals surface area contributed by atoms with Crippen LogP contribution in [0.15, 0.2) is 42.5 Å². The second-order valence-corrected chi connectivity index (χ2v) is 5.58. The zero-order chi connectivity index (χ0) is 15.5. The minimum Gasteiger partial charge on any atom is -0.508 e. The summed E-state index contributed by atoms with van der Waals surface area (Å²) in [4.78, 5) is 12.4. The van der Waals surface area contributed by atoms with Crippen molar-refractivity contribution >= 4 is 5.78 Å². The molecule has 114 valence electrons. The lowest BCUT2D eigenvalue weighted by Crippen LogP contribution is -2.11. The summed E-state index contributed by atoms with van der Waals surface area (Å²) in [5, 5.41) is 19.4. The topological polar surface area (TPSA) is 66.8 Å². The minimum absolute atomic E-state index is 0.0893. The Morgan fingerprint density at radius 1 is 1.00 bits per heavy atom. The molecule has 0 bridgehead atoms. The molecule has 4 heteroatoms. The van der Waals surface area contributed by atoms with Gasteiger partial charge in [-0.25, -0.2) is 0 Å². The van der Waals surface area contributed by atoms with Gasteiger partial charge in [0.1, 0.15) is 17.2 Å². The summed E-state index contributed by atoms with van der Waals surface area (Å²) in [6, 6.07) is 10.7. The number of aromatic hydroxyl groups is 2. The Hall–Kier alpha value is -2.49. The van der Waals surface area contributed by atoms with Crippen molar-refractivity contribution in [2.45, 2.75) is 31.8 Å². The number of ether oxygens (including phenoxy) is 1. The van der Waals surface area contributed by atoms with E-state index in [0.29, 0.717) is 11.3 Å². The Balaban J connectivity index is 1.79. The first kappa shape index (κ1) is 14.4. The molecule has 2 aromatic carbocycles. The molecule has 2 aromatic rings. The van der Waals surface area contributed by atoms with Gasteiger partial charge in [0.05, 0.1) is 11.7 Å². The van der Waals surface area contributed by atoms with Crippen LogP contribution in [0.2, 0.25) is 0 Å². The second-order valence-electron chi connectivity index (χ2n) is 5.58. The van der Waals surface area contributed by atoms with Crippen LogP contribution in [0.4, 0.5) is 0 Å². The molecular formula is C18H18O4. The molecule has 22 heavy (non-hydrogen) atoms. The average molecular weight is 298 g/mol. The maximum absolute atomic E-state index is 12.4. The van der Waals surface area contributed by atoms with Crippen LogP contribution in [-0.2, 0) is 0 Å². The zero-order valence-electron chi connectivity index (χ0n) is 12.2. The van der Waals surface area contributed by atoms with Gasteiger partial charge in [-0.3, -0.25) is 4.79 Å². The smallest absolute Gasteiger partial charge is 0.196 e. The molecular weight excluding hydrogens is 280 g/mol. The van der Waals surface area contributed by atoms with Crippen molar-refractivity contribution in [3.8, 4) is 17.2 Å². The van der Waals surface area contributed by atoms with Crippen molar-refractivity contribution in [1.29, 1.82) is 0 Å². The maximum Gasteiger partial charge on any atom is 0.196 e. The van der Waals surface area contributed by atoms with Gasteiger partial charge in [0.2, 0.25) is 0 Å². The Bertz CT molecular complexity index is 670. The lowest BCUT2D eigenvalue weighted by molar-refractivity contribution is 0.103. The number of hydrogen-bond acceptors (Lipinski definition) is 4. The summed E-state index contributed by atoms with van der Waals surface area (Å²) in [6.07, 6.45) is 4.63. The summed E-state index contributed by atoms with van der Waals surface area (Å²) in [6.45, 7) is 0. The van der Waals surface area contributed by atoms with Crippen LogP contribution in [0.5, 0.6) is 17.2 Å². The molecule has 0 amide bonds. The van der Waals surface area contributed by atoms with Crippen molar-refractivity contribution in [3.05, 3.63) is 53.6 Å². The predicted octanol–water partition coefficient (Wildman–Crippen LogP) is 3.65. The number of phenolic OH excluding ortho intramolecular Hbond substituents is 2. The van der Waals surface area contributed by atoms with Gasteiger partial charge in [-0.2, -0.15) is 0 Å². The molecule has 2 N–H and O–H groups in total. The molecule has 0 aromatic heterocycles. The van der Waals surface area contributed by atoms with E-state index in [9.17, 15) is 15.0 Å². The van der Waals surface area contributed by atoms with Gasteiger partial charge in [0, 0.05) is 11.6 Å². The number of benzene rings is 2. The molecule has 3 rings (SSSR count). The minimum atomic E-state index is -0.287. The Morgan fingerprint density at radius 2 is 1.68 bits per heavy atom. The van der Waals surface area contributed by atoms with Crippen molar-refractivity contribution in [2.75, 3.05) is 0 Å². The van der Waals surface area contributed by atoms with E-state index in [-0.39, 0.29) is 28.9 Å². The van der Waals surface area contributed by atoms with Gasteiger partial charge in [0.25, 0.3) is 0 Å². The van der Waals surface area contributed by atoms with E-state index in [1.54, 1.807) is 12.1 Å². The van der Waals surface area contributed by atoms with E-state index in [0.717, 1.165) is 12.8 Å². The first-order valence-electron chi connectivity index (χ1n) is 7.47. The third-order valence-corrected chi connectivity index (χ3v) is 3.95. The Labute approximate surface area is 129 Å². The maximum atomic E-state index is 12.4. The molecule has 0 unspecified atom stereocenters. The number of rotatable bonds is 4. The van der Waals surface area contributed by atoms with Crippen LogP contribution in [0.3, 0.4) is 0 Å². The number of carbonyl (C=O) groups excluding carboxylic acids is 1. The SMILES string of the molecule is O=C(c1ccc(O)cc1)c1ccc(OC2CCCC2)cc1O. The normalized spacial score (nSPS) is 14.9. The van der Waals surface area contributed by atoms with Gasteiger partial charge < -0.3 is 14.9 Å². The summed E-state index contributed by atoms with van der Waals surface area (Å²) in [5.74, 6) is 0.311. The molecule has 0 saturated heterocycles. The van der Waals surface area contributed by atoms with E-state index < -0.39 is 0 Å². The molecule has 1 fully saturated rings. The first-order chi connectivity index (χ1) is 10.6. The van der Waals surface area contributed by atoms with Crippen molar-refractivity contribution < 1.29 is 19.7 Å². The van der Waals surface area contributed by atoms with Gasteiger partial charge in [-0.1, -0.05) is 0 Å². The number of ketones is 1. The fraction of sp³-hybridized carbons (Fsp3) is 0.278. The Kier molecular flexibility index (Phi) is 4.00. The largest absolute Gasteiger partial charge is 0.508 e. The number of phenols is 2. The van der Waals surface area contributed by atoms with Crippen LogP contribution in [0.25, 0.3) is 0 Å². The van der Waals surface area contributed by atoms with Gasteiger partial charge in [0.15, 0.2) is 5.78 Å². The monoisotopic (exact) mass is 298 g/mol. The van der Waals surface area contributed by atoms with E-state index >= 15 is 0 Å². The highest BCUT2D eigenvalue weighted by molar-refractivity contribution is 6.10. The molecule has 1 aliphatic carbocycles. The van der Waals surface area contributed by atoms with Crippen molar-refractivity contribution in [1.82, 2.24) is 0 Å². The summed E-state index contributed by atoms with van der Waals surface area (Å²) >= 11 is 0. The number of carbonyl (C=O) groups is 1. The standard InChI is InChI=1S/C18H18O4/c19-13-7-5-12(6-8-13)18(21)16-10-9-15(11-17(16)20)22-14-3-1-2-4-14/h5-11,14,19-20H,1-4H2. The Morgan fingerprint density at radius 3 is 2.32 bits per heavy atom. The van der Waals surface area contributed by atoms with Crippen LogP contribution < -0.4 is 4.74 Å². The van der Waals surface area contributed by atoms with Crippen LogP contribution >= 0.6 is 0 Å². The molecule has 0 radical (unpaired) electrons. The van der Waals surface area contributed by atoms with Crippen molar-refractivity contribution in [3.63, 3.8) is 0 Å². The van der Waals surface area contributed by atoms with E-state index in [1.807, 2.05) is 0 Å². The summed E-state index contributed by atoms with van der Waals surface area (Å²) in [7, 11) is 0. The van der Waals surface area contributed by atoms with Crippen LogP contribution in [-0.4, -0.2) is 22.1 Å². The number of hydrogen-bond donors (Lipinski definition) is 2. The lowest BCUT2D eigenvalue weighted by Gasteiger charge is -2.14. The van der Waals surface area contributed by atoms with Gasteiger partial charge in [-0.05, 0) is 62.1 Å². The average Bonchev–Trinajstić information content (AvgIpc) is 3.00. The fourth-order valence-corrected chi connectivity index (χ4v) is 2.74. The molecule has 4 nitrogen and oxygen atoms in total. The quantitative estimate of drug-likeness (QED) is 0.846. The zero-order valence-corrected chi connectivity index (χ0v) is 12.2. The van der Waals surface area contributed by atoms with Crippen LogP contribution in [0.1, 0.15) is 41.6 Å². The molecule has 0 heterocycles. The summed E-state index contributed by atoms with van der Waals surface area (Å²) in [5.41, 5.74) is 0.641. The molecule has 0 aliphatic heterocycles. The third-order valence-electron chi connectivity index (χ3n) is 3.95. The highest BCUT2D eigenvalue weighted by Crippen LogP contribution is 2.29. The lowest BCUT2D eigenvalue weighted by atomic mass is 10.0.